The molecule has 1 fully saturated rings. The number of carbonyl (C=O) groups is 2. The first-order valence-electron chi connectivity index (χ1n) is 5.60. The lowest BCUT2D eigenvalue weighted by molar-refractivity contribution is -0.118. The highest BCUT2D eigenvalue weighted by Crippen LogP contribution is 2.29. The van der Waals surface area contributed by atoms with E-state index in [4.69, 9.17) is 4.74 Å². The number of carbonyl (C=O) groups excluding carboxylic acids is 2. The molecule has 1 aliphatic carbocycles. The van der Waals surface area contributed by atoms with Gasteiger partial charge in [0.25, 0.3) is 11.8 Å². The lowest BCUT2D eigenvalue weighted by atomic mass is 10.1. The average molecular weight is 234 g/mol. The van der Waals surface area contributed by atoms with Crippen LogP contribution in [0.4, 0.5) is 5.69 Å². The van der Waals surface area contributed by atoms with Gasteiger partial charge in [0.05, 0.1) is 5.69 Å². The van der Waals surface area contributed by atoms with Crippen molar-refractivity contribution in [1.29, 1.82) is 0 Å². The largest absolute Gasteiger partial charge is 0.482 e. The van der Waals surface area contributed by atoms with Crippen molar-refractivity contribution in [3.63, 3.8) is 0 Å². The fraction of sp³-hybridized carbons (Fsp3) is 0.333. The van der Waals surface area contributed by atoms with Gasteiger partial charge in [0.1, 0.15) is 5.75 Å². The van der Waals surface area contributed by atoms with Crippen molar-refractivity contribution < 1.29 is 15.8 Å². The number of rotatable bonds is 2. The summed E-state index contributed by atoms with van der Waals surface area (Å²) in [4.78, 5) is 22.9. The van der Waals surface area contributed by atoms with Crippen molar-refractivity contribution in [2.24, 2.45) is 0 Å². The Balaban J connectivity index is 0.00000120. The Morgan fingerprint density at radius 3 is 3.06 bits per heavy atom. The highest BCUT2D eigenvalue weighted by molar-refractivity contribution is 5.99. The van der Waals surface area contributed by atoms with Crippen LogP contribution >= 0.6 is 0 Å². The fourth-order valence-corrected chi connectivity index (χ4v) is 1.71. The first-order chi connectivity index (χ1) is 8.22. The second-order valence-electron chi connectivity index (χ2n) is 4.30. The van der Waals surface area contributed by atoms with E-state index in [0.717, 1.165) is 12.8 Å². The van der Waals surface area contributed by atoms with Gasteiger partial charge in [-0.25, -0.2) is 0 Å². The highest BCUT2D eigenvalue weighted by atomic mass is 16.5. The number of benzene rings is 1. The fourth-order valence-electron chi connectivity index (χ4n) is 1.71. The van der Waals surface area contributed by atoms with Gasteiger partial charge in [-0.2, -0.15) is 0 Å². The van der Waals surface area contributed by atoms with Crippen LogP contribution in [0.2, 0.25) is 0 Å². The standard InChI is InChI=1S/C12H12N2O3.H2/c15-11-6-17-10-5-7(1-4-9(10)14-11)12(16)13-8-2-3-8;/h1,4-5,8H,2-3,6H2,(H,13,16)(H,14,15);1H. The second kappa shape index (κ2) is 3.76. The van der Waals surface area contributed by atoms with Crippen LogP contribution in [0.25, 0.3) is 0 Å². The molecule has 1 aromatic rings. The molecule has 90 valence electrons. The van der Waals surface area contributed by atoms with Crippen molar-refractivity contribution in [1.82, 2.24) is 5.32 Å². The summed E-state index contributed by atoms with van der Waals surface area (Å²) in [5, 5.41) is 5.59. The summed E-state index contributed by atoms with van der Waals surface area (Å²) >= 11 is 0. The van der Waals surface area contributed by atoms with Gasteiger partial charge < -0.3 is 15.4 Å². The number of ether oxygens (including phenoxy) is 1. The zero-order valence-electron chi connectivity index (χ0n) is 9.16. The molecule has 5 nitrogen and oxygen atoms in total. The van der Waals surface area contributed by atoms with E-state index in [2.05, 4.69) is 10.6 Å². The molecule has 17 heavy (non-hydrogen) atoms. The summed E-state index contributed by atoms with van der Waals surface area (Å²) in [5.41, 5.74) is 1.18. The molecule has 3 rings (SSSR count). The maximum atomic E-state index is 11.8. The quantitative estimate of drug-likeness (QED) is 0.806. The minimum absolute atomic E-state index is 0. The second-order valence-corrected chi connectivity index (χ2v) is 4.30. The Morgan fingerprint density at radius 1 is 1.47 bits per heavy atom. The SMILES string of the molecule is O=C1COc2cc(C(=O)NC3CC3)ccc2N1.[HH]. The zero-order chi connectivity index (χ0) is 11.8. The third-order valence-corrected chi connectivity index (χ3v) is 2.79. The van der Waals surface area contributed by atoms with Crippen LogP contribution in [0.5, 0.6) is 5.75 Å². The van der Waals surface area contributed by atoms with Gasteiger partial charge in [-0.05, 0) is 31.0 Å². The first kappa shape index (κ1) is 10.1. The Kier molecular flexibility index (Phi) is 2.24. The van der Waals surface area contributed by atoms with E-state index in [1.165, 1.54) is 0 Å². The van der Waals surface area contributed by atoms with Gasteiger partial charge in [0.2, 0.25) is 0 Å². The van der Waals surface area contributed by atoms with E-state index in [1.807, 2.05) is 0 Å². The van der Waals surface area contributed by atoms with E-state index >= 15 is 0 Å². The van der Waals surface area contributed by atoms with E-state index < -0.39 is 0 Å². The van der Waals surface area contributed by atoms with Crippen molar-refractivity contribution in [2.45, 2.75) is 18.9 Å². The van der Waals surface area contributed by atoms with E-state index in [9.17, 15) is 9.59 Å². The summed E-state index contributed by atoms with van der Waals surface area (Å²) in [6.45, 7) is 0.000692. The molecular formula is C12H14N2O3. The number of amides is 2. The summed E-state index contributed by atoms with van der Waals surface area (Å²) in [7, 11) is 0. The zero-order valence-corrected chi connectivity index (χ0v) is 9.16. The molecule has 1 heterocycles. The van der Waals surface area contributed by atoms with Crippen molar-refractivity contribution in [2.75, 3.05) is 11.9 Å². The molecule has 0 atom stereocenters. The summed E-state index contributed by atoms with van der Waals surface area (Å²) < 4.78 is 5.26. The Bertz CT molecular complexity index is 500. The molecule has 5 heteroatoms. The van der Waals surface area contributed by atoms with Crippen LogP contribution in [0.1, 0.15) is 24.6 Å². The third kappa shape index (κ3) is 2.08. The Labute approximate surface area is 99.6 Å². The van der Waals surface area contributed by atoms with Gasteiger partial charge in [-0.3, -0.25) is 9.59 Å². The number of hydrogen-bond acceptors (Lipinski definition) is 3. The maximum Gasteiger partial charge on any atom is 0.262 e. The third-order valence-electron chi connectivity index (χ3n) is 2.79. The van der Waals surface area contributed by atoms with Crippen LogP contribution in [0.15, 0.2) is 18.2 Å². The van der Waals surface area contributed by atoms with Crippen LogP contribution in [0, 0.1) is 0 Å². The Hall–Kier alpha value is -2.04. The van der Waals surface area contributed by atoms with Gasteiger partial charge in [-0.15, -0.1) is 0 Å². The van der Waals surface area contributed by atoms with Crippen molar-refractivity contribution in [3.05, 3.63) is 23.8 Å². The highest BCUT2D eigenvalue weighted by Gasteiger charge is 2.24. The van der Waals surface area contributed by atoms with Crippen LogP contribution in [-0.2, 0) is 4.79 Å². The predicted molar refractivity (Wildman–Crippen MR) is 63.2 cm³/mol. The summed E-state index contributed by atoms with van der Waals surface area (Å²) in [6.07, 6.45) is 2.12. The molecule has 0 aromatic heterocycles. The van der Waals surface area contributed by atoms with Gasteiger partial charge >= 0.3 is 0 Å². The van der Waals surface area contributed by atoms with Crippen LogP contribution < -0.4 is 15.4 Å². The molecule has 0 spiro atoms. The minimum Gasteiger partial charge on any atom is -0.482 e. The van der Waals surface area contributed by atoms with Gasteiger partial charge in [0, 0.05) is 13.0 Å². The smallest absolute Gasteiger partial charge is 0.262 e. The molecule has 1 saturated carbocycles. The number of nitrogens with one attached hydrogen (secondary N) is 2. The van der Waals surface area contributed by atoms with E-state index in [-0.39, 0.29) is 19.8 Å². The summed E-state index contributed by atoms with van der Waals surface area (Å²) in [5.74, 6) is 0.288. The predicted octanol–water partition coefficient (Wildman–Crippen LogP) is 1.16. The molecule has 1 aromatic carbocycles. The minimum atomic E-state index is -0.173. The van der Waals surface area contributed by atoms with Crippen molar-refractivity contribution >= 4 is 17.5 Å². The number of anilines is 1. The van der Waals surface area contributed by atoms with E-state index in [1.54, 1.807) is 18.2 Å². The normalized spacial score (nSPS) is 17.8. The van der Waals surface area contributed by atoms with Gasteiger partial charge in [-0.1, -0.05) is 0 Å². The molecular weight excluding hydrogens is 220 g/mol. The summed E-state index contributed by atoms with van der Waals surface area (Å²) in [6, 6.07) is 5.37. The molecule has 0 saturated heterocycles. The molecule has 0 unspecified atom stereocenters. The number of fused-ring (bicyclic) bond motifs is 1. The topological polar surface area (TPSA) is 67.4 Å². The average Bonchev–Trinajstić information content (AvgIpc) is 3.12. The molecule has 2 N–H and O–H groups in total. The maximum absolute atomic E-state index is 11.8. The molecule has 2 aliphatic rings. The van der Waals surface area contributed by atoms with Crippen LogP contribution in [0.3, 0.4) is 0 Å². The molecule has 1 aliphatic heterocycles. The lowest BCUT2D eigenvalue weighted by Gasteiger charge is -2.18. The molecule has 0 bridgehead atoms. The lowest BCUT2D eigenvalue weighted by Crippen LogP contribution is -2.27. The first-order valence-corrected chi connectivity index (χ1v) is 5.60. The monoisotopic (exact) mass is 234 g/mol. The molecule has 0 radical (unpaired) electrons. The van der Waals surface area contributed by atoms with Crippen molar-refractivity contribution in [3.8, 4) is 5.75 Å². The van der Waals surface area contributed by atoms with E-state index in [0.29, 0.717) is 23.0 Å². The molecule has 2 amide bonds. The Morgan fingerprint density at radius 2 is 2.29 bits per heavy atom. The van der Waals surface area contributed by atoms with Gasteiger partial charge in [0.15, 0.2) is 6.61 Å². The number of hydrogen-bond donors (Lipinski definition) is 2. The van der Waals surface area contributed by atoms with Crippen LogP contribution in [-0.4, -0.2) is 24.5 Å².